The number of hydrogen-bond acceptors (Lipinski definition) is 5. The monoisotopic (exact) mass is 482 g/mol. The molecule has 2 aromatic rings. The molecule has 0 spiro atoms. The van der Waals surface area contributed by atoms with Gasteiger partial charge in [-0.15, -0.1) is 0 Å². The average Bonchev–Trinajstić information content (AvgIpc) is 3.18. The molecule has 4 rings (SSSR count). The van der Waals surface area contributed by atoms with Crippen LogP contribution in [0.2, 0.25) is 0 Å². The predicted octanol–water partition coefficient (Wildman–Crippen LogP) is 4.02. The number of fused-ring (bicyclic) bond motifs is 3. The number of carbonyl (C=O) groups excluding carboxylic acids is 2. The molecule has 1 unspecified atom stereocenters. The summed E-state index contributed by atoms with van der Waals surface area (Å²) in [6.45, 7) is 0.669. The molecule has 0 radical (unpaired) electrons. The highest BCUT2D eigenvalue weighted by Gasteiger charge is 2.30. The van der Waals surface area contributed by atoms with E-state index in [1.54, 1.807) is 0 Å². The van der Waals surface area contributed by atoms with Crippen molar-refractivity contribution in [3.8, 4) is 11.1 Å². The zero-order valence-corrected chi connectivity index (χ0v) is 19.8. The highest BCUT2D eigenvalue weighted by molar-refractivity contribution is 7.99. The lowest BCUT2D eigenvalue weighted by molar-refractivity contribution is -0.137. The fraction of sp³-hybridized carbons (Fsp3) is 0.423. The summed E-state index contributed by atoms with van der Waals surface area (Å²) in [6, 6.07) is 15.2. The number of carbonyl (C=O) groups is 3. The first-order valence-electron chi connectivity index (χ1n) is 11.7. The second-order valence-electron chi connectivity index (χ2n) is 8.76. The fourth-order valence-electron chi connectivity index (χ4n) is 4.64. The Morgan fingerprint density at radius 3 is 2.24 bits per heavy atom. The van der Waals surface area contributed by atoms with Crippen LogP contribution in [0, 0.1) is 5.92 Å². The van der Waals surface area contributed by atoms with E-state index in [1.807, 2.05) is 48.2 Å². The van der Waals surface area contributed by atoms with Gasteiger partial charge in [-0.3, -0.25) is 9.59 Å². The number of thioether (sulfide) groups is 1. The molecule has 7 nitrogen and oxygen atoms in total. The van der Waals surface area contributed by atoms with Gasteiger partial charge in [-0.25, -0.2) is 4.79 Å². The molecule has 2 aromatic carbocycles. The number of alkyl carbamates (subject to hydrolysis) is 1. The van der Waals surface area contributed by atoms with Crippen LogP contribution in [0.15, 0.2) is 48.5 Å². The normalized spacial score (nSPS) is 16.2. The molecule has 2 amide bonds. The van der Waals surface area contributed by atoms with Gasteiger partial charge in [0.1, 0.15) is 12.6 Å². The Balaban J connectivity index is 1.36. The smallest absolute Gasteiger partial charge is 0.407 e. The second-order valence-corrected chi connectivity index (χ2v) is 9.98. The van der Waals surface area contributed by atoms with Crippen molar-refractivity contribution in [2.75, 3.05) is 24.7 Å². The molecule has 0 saturated carbocycles. The van der Waals surface area contributed by atoms with Crippen LogP contribution in [0.3, 0.4) is 0 Å². The topological polar surface area (TPSA) is 105 Å². The molecular weight excluding hydrogens is 452 g/mol. The molecule has 1 atom stereocenters. The Hall–Kier alpha value is -3.00. The number of rotatable bonds is 9. The molecule has 1 saturated heterocycles. The molecule has 1 aliphatic heterocycles. The van der Waals surface area contributed by atoms with Crippen LogP contribution in [0.4, 0.5) is 4.79 Å². The zero-order valence-electron chi connectivity index (χ0n) is 19.0. The second kappa shape index (κ2) is 11.4. The first-order chi connectivity index (χ1) is 16.5. The lowest BCUT2D eigenvalue weighted by atomic mass is 9.98. The Bertz CT molecular complexity index is 992. The van der Waals surface area contributed by atoms with Gasteiger partial charge in [-0.05, 0) is 58.9 Å². The van der Waals surface area contributed by atoms with Gasteiger partial charge in [0.25, 0.3) is 0 Å². The van der Waals surface area contributed by atoms with Gasteiger partial charge in [0.15, 0.2) is 0 Å². The van der Waals surface area contributed by atoms with Crippen LogP contribution < -0.4 is 10.6 Å². The zero-order chi connectivity index (χ0) is 23.9. The van der Waals surface area contributed by atoms with Crippen molar-refractivity contribution in [1.29, 1.82) is 0 Å². The van der Waals surface area contributed by atoms with Gasteiger partial charge >= 0.3 is 12.1 Å². The van der Waals surface area contributed by atoms with Crippen LogP contribution in [-0.2, 0) is 14.3 Å². The molecule has 1 fully saturated rings. The molecule has 2 aliphatic rings. The van der Waals surface area contributed by atoms with Crippen molar-refractivity contribution in [1.82, 2.24) is 10.6 Å². The summed E-state index contributed by atoms with van der Waals surface area (Å²) in [5.41, 5.74) is 4.46. The maximum atomic E-state index is 12.7. The number of amides is 2. The summed E-state index contributed by atoms with van der Waals surface area (Å²) >= 11 is 1.91. The molecule has 34 heavy (non-hydrogen) atoms. The van der Waals surface area contributed by atoms with Gasteiger partial charge in [-0.1, -0.05) is 48.5 Å². The maximum Gasteiger partial charge on any atom is 0.407 e. The molecule has 3 N–H and O–H groups in total. The third-order valence-electron chi connectivity index (χ3n) is 6.50. The van der Waals surface area contributed by atoms with Crippen LogP contribution in [0.25, 0.3) is 11.1 Å². The first kappa shape index (κ1) is 24.1. The fourth-order valence-corrected chi connectivity index (χ4v) is 5.84. The number of carboxylic acid groups (broad SMARTS) is 1. The van der Waals surface area contributed by atoms with E-state index in [9.17, 15) is 14.4 Å². The van der Waals surface area contributed by atoms with E-state index in [0.29, 0.717) is 12.5 Å². The van der Waals surface area contributed by atoms with Gasteiger partial charge in [0.2, 0.25) is 5.91 Å². The van der Waals surface area contributed by atoms with Gasteiger partial charge in [0, 0.05) is 18.9 Å². The van der Waals surface area contributed by atoms with Gasteiger partial charge in [0.05, 0.1) is 0 Å². The van der Waals surface area contributed by atoms with E-state index in [4.69, 9.17) is 9.84 Å². The summed E-state index contributed by atoms with van der Waals surface area (Å²) in [6.07, 6.45) is 1.16. The van der Waals surface area contributed by atoms with Crippen LogP contribution in [0.5, 0.6) is 0 Å². The van der Waals surface area contributed by atoms with Crippen molar-refractivity contribution >= 4 is 29.7 Å². The summed E-state index contributed by atoms with van der Waals surface area (Å²) < 4.78 is 5.54. The quantitative estimate of drug-likeness (QED) is 0.499. The number of aliphatic carboxylic acids is 1. The van der Waals surface area contributed by atoms with Crippen molar-refractivity contribution in [3.05, 3.63) is 59.7 Å². The van der Waals surface area contributed by atoms with E-state index in [-0.39, 0.29) is 31.3 Å². The molecule has 8 heteroatoms. The third kappa shape index (κ3) is 5.91. The van der Waals surface area contributed by atoms with Crippen molar-refractivity contribution in [2.45, 2.75) is 37.6 Å². The van der Waals surface area contributed by atoms with E-state index >= 15 is 0 Å². The predicted molar refractivity (Wildman–Crippen MR) is 132 cm³/mol. The van der Waals surface area contributed by atoms with Crippen molar-refractivity contribution in [2.24, 2.45) is 5.92 Å². The Labute approximate surface area is 203 Å². The molecule has 1 heterocycles. The van der Waals surface area contributed by atoms with E-state index in [2.05, 4.69) is 22.8 Å². The summed E-state index contributed by atoms with van der Waals surface area (Å²) in [7, 11) is 0. The number of hydrogen-bond donors (Lipinski definition) is 3. The average molecular weight is 483 g/mol. The van der Waals surface area contributed by atoms with E-state index in [1.165, 1.54) is 0 Å². The third-order valence-corrected chi connectivity index (χ3v) is 7.55. The molecule has 0 bridgehead atoms. The minimum atomic E-state index is -1.02. The van der Waals surface area contributed by atoms with Crippen LogP contribution in [-0.4, -0.2) is 53.8 Å². The summed E-state index contributed by atoms with van der Waals surface area (Å²) in [4.78, 5) is 36.4. The van der Waals surface area contributed by atoms with E-state index in [0.717, 1.165) is 46.6 Å². The highest BCUT2D eigenvalue weighted by Crippen LogP contribution is 2.44. The largest absolute Gasteiger partial charge is 0.481 e. The standard InChI is InChI=1S/C26H30N2O5S/c29-24(30)10-9-23(25(31)27-15-17-11-13-34-14-12-17)28-26(32)33-16-22-20-7-3-1-5-18(20)19-6-2-4-8-21(19)22/h1-8,17,22-23H,9-16H2,(H,27,31)(H,28,32)(H,29,30). The SMILES string of the molecule is O=C(O)CCC(NC(=O)OCC1c2ccccc2-c2ccccc21)C(=O)NCC1CCSCC1. The number of benzene rings is 2. The molecule has 180 valence electrons. The molecule has 1 aliphatic carbocycles. The van der Waals surface area contributed by atoms with Crippen LogP contribution in [0.1, 0.15) is 42.7 Å². The minimum Gasteiger partial charge on any atom is -0.481 e. The lowest BCUT2D eigenvalue weighted by Crippen LogP contribution is -2.48. The molecule has 0 aromatic heterocycles. The van der Waals surface area contributed by atoms with Gasteiger partial charge < -0.3 is 20.5 Å². The lowest BCUT2D eigenvalue weighted by Gasteiger charge is -2.23. The molecular formula is C26H30N2O5S. The van der Waals surface area contributed by atoms with Crippen molar-refractivity contribution in [3.63, 3.8) is 0 Å². The van der Waals surface area contributed by atoms with Crippen molar-refractivity contribution < 1.29 is 24.2 Å². The Morgan fingerprint density at radius 1 is 1.00 bits per heavy atom. The number of nitrogens with one attached hydrogen (secondary N) is 2. The summed E-state index contributed by atoms with van der Waals surface area (Å²) in [5.74, 6) is 1.11. The van der Waals surface area contributed by atoms with E-state index < -0.39 is 18.1 Å². The van der Waals surface area contributed by atoms with Gasteiger partial charge in [-0.2, -0.15) is 11.8 Å². The Morgan fingerprint density at radius 2 is 1.62 bits per heavy atom. The Kier molecular flexibility index (Phi) is 8.11. The number of carboxylic acids is 1. The highest BCUT2D eigenvalue weighted by atomic mass is 32.2. The first-order valence-corrected chi connectivity index (χ1v) is 12.9. The van der Waals surface area contributed by atoms with Crippen LogP contribution >= 0.6 is 11.8 Å². The number of ether oxygens (including phenoxy) is 1. The summed E-state index contributed by atoms with van der Waals surface area (Å²) in [5, 5.41) is 14.6. The minimum absolute atomic E-state index is 0.00583. The maximum absolute atomic E-state index is 12.7.